The average Bonchev–Trinajstić information content (AvgIpc) is 3.59. The Morgan fingerprint density at radius 2 is 1.92 bits per heavy atom. The number of methoxy groups -OCH3 is 1. The number of nitrogens with zero attached hydrogens (tertiary/aromatic N) is 4. The van der Waals surface area contributed by atoms with E-state index in [1.807, 2.05) is 0 Å². The molecule has 17 heteroatoms. The predicted molar refractivity (Wildman–Crippen MR) is 144 cm³/mol. The van der Waals surface area contributed by atoms with E-state index in [2.05, 4.69) is 36.3 Å². The zero-order chi connectivity index (χ0) is 28.4. The number of hydrogen-bond donors (Lipinski definition) is 3. The standard InChI is InChI=1S/C22H22B3N7O6S/c1-37-18-12(19-28-16(38-32-19)8-9-39(2,35)36)4-3-5-13(18)26-14-10-15(27-20(33)11-6-7-11)30-31-17(14)21(34)29-22(23,24)25/h3-5,10-11H,6-9H2,1-2H3,(H,29,34)(H2,26,27,30,33). The number of benzene rings is 1. The number of amides is 2. The number of rotatable bonds is 11. The smallest absolute Gasteiger partial charge is 0.272 e. The SMILES string of the molecule is [B]C([B])([B])NC(=O)c1nnc(NC(=O)C2CC2)cc1Nc1cccc(-c2noc(CCS(C)(=O)=O)n2)c1OC. The lowest BCUT2D eigenvalue weighted by Crippen LogP contribution is -2.50. The second-order valence-corrected chi connectivity index (χ2v) is 11.3. The van der Waals surface area contributed by atoms with E-state index in [0.717, 1.165) is 19.1 Å². The Morgan fingerprint density at radius 1 is 1.18 bits per heavy atom. The van der Waals surface area contributed by atoms with Crippen molar-refractivity contribution in [2.24, 2.45) is 5.92 Å². The highest BCUT2D eigenvalue weighted by Gasteiger charge is 2.30. The molecule has 0 atom stereocenters. The third-order valence-corrected chi connectivity index (χ3v) is 6.37. The van der Waals surface area contributed by atoms with E-state index in [1.165, 1.54) is 13.2 Å². The molecule has 0 spiro atoms. The number of nitrogens with one attached hydrogen (secondary N) is 3. The molecule has 1 saturated carbocycles. The first kappa shape index (κ1) is 28.1. The van der Waals surface area contributed by atoms with Gasteiger partial charge in [0, 0.05) is 24.7 Å². The molecule has 0 bridgehead atoms. The molecule has 13 nitrogen and oxygen atoms in total. The normalized spacial score (nSPS) is 13.5. The Labute approximate surface area is 228 Å². The van der Waals surface area contributed by atoms with Gasteiger partial charge in [-0.05, 0) is 25.0 Å². The van der Waals surface area contributed by atoms with Crippen LogP contribution in [0.3, 0.4) is 0 Å². The van der Waals surface area contributed by atoms with Crippen LogP contribution in [0.1, 0.15) is 29.2 Å². The van der Waals surface area contributed by atoms with Gasteiger partial charge < -0.3 is 25.2 Å². The Morgan fingerprint density at radius 3 is 2.56 bits per heavy atom. The zero-order valence-corrected chi connectivity index (χ0v) is 21.9. The minimum absolute atomic E-state index is 0.0491. The van der Waals surface area contributed by atoms with Gasteiger partial charge in [-0.2, -0.15) is 4.98 Å². The maximum atomic E-state index is 12.8. The lowest BCUT2D eigenvalue weighted by atomic mass is 9.49. The molecule has 2 aromatic heterocycles. The van der Waals surface area contributed by atoms with E-state index in [0.29, 0.717) is 11.3 Å². The van der Waals surface area contributed by atoms with Crippen LogP contribution in [0.5, 0.6) is 5.75 Å². The largest absolute Gasteiger partial charge is 0.494 e. The fourth-order valence-electron chi connectivity index (χ4n) is 3.46. The van der Waals surface area contributed by atoms with E-state index < -0.39 is 21.0 Å². The number of hydrogen-bond acceptors (Lipinski definition) is 11. The highest BCUT2D eigenvalue weighted by molar-refractivity contribution is 7.90. The van der Waals surface area contributed by atoms with E-state index in [9.17, 15) is 18.0 Å². The summed E-state index contributed by atoms with van der Waals surface area (Å²) < 4.78 is 33.7. The van der Waals surface area contributed by atoms with Crippen molar-refractivity contribution in [2.75, 3.05) is 29.8 Å². The number of carbonyl (C=O) groups excluding carboxylic acids is 2. The van der Waals surface area contributed by atoms with Gasteiger partial charge in [-0.1, -0.05) is 16.5 Å². The molecule has 0 saturated heterocycles. The summed E-state index contributed by atoms with van der Waals surface area (Å²) >= 11 is 0. The molecular formula is C22H22B3N7O6S. The van der Waals surface area contributed by atoms with Crippen LogP contribution < -0.4 is 20.7 Å². The van der Waals surface area contributed by atoms with Gasteiger partial charge in [-0.15, -0.1) is 10.2 Å². The third kappa shape index (κ3) is 7.59. The van der Waals surface area contributed by atoms with Crippen molar-refractivity contribution in [1.82, 2.24) is 25.7 Å². The maximum absolute atomic E-state index is 12.8. The molecule has 39 heavy (non-hydrogen) atoms. The van der Waals surface area contributed by atoms with Gasteiger partial charge in [0.15, 0.2) is 17.3 Å². The van der Waals surface area contributed by atoms with Crippen molar-refractivity contribution < 1.29 is 27.3 Å². The van der Waals surface area contributed by atoms with Gasteiger partial charge in [0.1, 0.15) is 9.84 Å². The van der Waals surface area contributed by atoms with Gasteiger partial charge in [0.05, 0.1) is 53.3 Å². The average molecular weight is 545 g/mol. The van der Waals surface area contributed by atoms with Crippen LogP contribution in [0, 0.1) is 5.92 Å². The van der Waals surface area contributed by atoms with Gasteiger partial charge in [-0.3, -0.25) is 9.59 Å². The number of aryl methyl sites for hydroxylation is 1. The molecule has 2 amide bonds. The summed E-state index contributed by atoms with van der Waals surface area (Å²) in [7, 11) is 14.7. The van der Waals surface area contributed by atoms with Gasteiger partial charge in [0.25, 0.3) is 5.91 Å². The molecular weight excluding hydrogens is 523 g/mol. The Hall–Kier alpha value is -3.88. The first-order valence-electron chi connectivity index (χ1n) is 11.7. The molecule has 1 aliphatic rings. The Kier molecular flexibility index (Phi) is 8.00. The molecule has 0 aliphatic heterocycles. The van der Waals surface area contributed by atoms with Crippen molar-refractivity contribution in [3.8, 4) is 17.1 Å². The summed E-state index contributed by atoms with van der Waals surface area (Å²) in [6.45, 7) is 0. The lowest BCUT2D eigenvalue weighted by molar-refractivity contribution is -0.117. The minimum Gasteiger partial charge on any atom is -0.494 e. The van der Waals surface area contributed by atoms with Crippen LogP contribution in [-0.4, -0.2) is 88.5 Å². The van der Waals surface area contributed by atoms with E-state index in [-0.39, 0.29) is 58.7 Å². The molecule has 3 aromatic rings. The van der Waals surface area contributed by atoms with Crippen molar-refractivity contribution in [2.45, 2.75) is 24.5 Å². The van der Waals surface area contributed by atoms with Crippen molar-refractivity contribution in [1.29, 1.82) is 0 Å². The molecule has 1 fully saturated rings. The number of sulfone groups is 1. The van der Waals surface area contributed by atoms with Crippen LogP contribution in [0.25, 0.3) is 11.4 Å². The monoisotopic (exact) mass is 545 g/mol. The summed E-state index contributed by atoms with van der Waals surface area (Å²) in [5.41, 5.74) is 0.672. The van der Waals surface area contributed by atoms with Crippen LogP contribution in [0.15, 0.2) is 28.8 Å². The summed E-state index contributed by atoms with van der Waals surface area (Å²) in [4.78, 5) is 29.3. The number of carbonyl (C=O) groups is 2. The molecule has 2 heterocycles. The molecule has 3 N–H and O–H groups in total. The van der Waals surface area contributed by atoms with Crippen LogP contribution >= 0.6 is 0 Å². The number of para-hydroxylation sites is 1. The molecule has 6 radical (unpaired) electrons. The van der Waals surface area contributed by atoms with E-state index in [1.54, 1.807) is 18.2 Å². The summed E-state index contributed by atoms with van der Waals surface area (Å²) in [6.07, 6.45) is 2.73. The minimum atomic E-state index is -3.22. The summed E-state index contributed by atoms with van der Waals surface area (Å²) in [6, 6.07) is 6.40. The molecule has 196 valence electrons. The zero-order valence-electron chi connectivity index (χ0n) is 21.1. The maximum Gasteiger partial charge on any atom is 0.272 e. The van der Waals surface area contributed by atoms with Crippen LogP contribution in [0.2, 0.25) is 0 Å². The number of ether oxygens (including phenoxy) is 1. The fourth-order valence-corrected chi connectivity index (χ4v) is 4.01. The lowest BCUT2D eigenvalue weighted by Gasteiger charge is -2.23. The first-order valence-corrected chi connectivity index (χ1v) is 13.7. The second kappa shape index (κ2) is 11.1. The van der Waals surface area contributed by atoms with Crippen LogP contribution in [0.4, 0.5) is 17.2 Å². The van der Waals surface area contributed by atoms with E-state index in [4.69, 9.17) is 32.8 Å². The summed E-state index contributed by atoms with van der Waals surface area (Å²) in [5, 5.41) is 17.7. The third-order valence-electron chi connectivity index (χ3n) is 5.42. The van der Waals surface area contributed by atoms with E-state index >= 15 is 0 Å². The molecule has 1 aromatic carbocycles. The Bertz CT molecular complexity index is 1510. The van der Waals surface area contributed by atoms with Gasteiger partial charge >= 0.3 is 0 Å². The number of aromatic nitrogens is 4. The topological polar surface area (TPSA) is 178 Å². The second-order valence-electron chi connectivity index (χ2n) is 9.05. The highest BCUT2D eigenvalue weighted by atomic mass is 32.2. The first-order chi connectivity index (χ1) is 18.3. The van der Waals surface area contributed by atoms with Crippen molar-refractivity contribution >= 4 is 62.4 Å². The number of anilines is 3. The van der Waals surface area contributed by atoms with Gasteiger partial charge in [-0.25, -0.2) is 8.42 Å². The highest BCUT2D eigenvalue weighted by Crippen LogP contribution is 2.37. The van der Waals surface area contributed by atoms with Crippen molar-refractivity contribution in [3.05, 3.63) is 35.9 Å². The predicted octanol–water partition coefficient (Wildman–Crippen LogP) is 0.0610. The Balaban J connectivity index is 1.67. The summed E-state index contributed by atoms with van der Waals surface area (Å²) in [5.74, 6) is -0.614. The van der Waals surface area contributed by atoms with Crippen LogP contribution in [-0.2, 0) is 21.1 Å². The van der Waals surface area contributed by atoms with Crippen molar-refractivity contribution in [3.63, 3.8) is 0 Å². The quantitative estimate of drug-likeness (QED) is 0.278. The fraction of sp³-hybridized carbons (Fsp3) is 0.364. The molecule has 1 aliphatic carbocycles. The molecule has 4 rings (SSSR count). The molecule has 0 unspecified atom stereocenters. The van der Waals surface area contributed by atoms with Gasteiger partial charge in [0.2, 0.25) is 17.6 Å².